The number of benzene rings is 3. The van der Waals surface area contributed by atoms with Crippen LogP contribution in [0.25, 0.3) is 27.5 Å². The highest BCUT2D eigenvalue weighted by atomic mass is 16.4. The summed E-state index contributed by atoms with van der Waals surface area (Å²) in [6.45, 7) is 2.14. The molecule has 2 heteroatoms. The van der Waals surface area contributed by atoms with E-state index in [4.69, 9.17) is 8.83 Å². The zero-order valence-electron chi connectivity index (χ0n) is 15.7. The van der Waals surface area contributed by atoms with Gasteiger partial charge in [-0.1, -0.05) is 66.7 Å². The highest BCUT2D eigenvalue weighted by molar-refractivity contribution is 5.88. The Labute approximate surface area is 163 Å². The van der Waals surface area contributed by atoms with Gasteiger partial charge in [0, 0.05) is 10.8 Å². The highest BCUT2D eigenvalue weighted by Crippen LogP contribution is 2.33. The van der Waals surface area contributed by atoms with Gasteiger partial charge in [0.25, 0.3) is 0 Å². The molecule has 0 aliphatic heterocycles. The Morgan fingerprint density at radius 2 is 1.25 bits per heavy atom. The van der Waals surface area contributed by atoms with Crippen LogP contribution in [0.3, 0.4) is 0 Å². The molecule has 5 rings (SSSR count). The van der Waals surface area contributed by atoms with Crippen molar-refractivity contribution in [1.29, 1.82) is 0 Å². The summed E-state index contributed by atoms with van der Waals surface area (Å²) < 4.78 is 12.3. The SMILES string of the molecule is Cc1ccccc1CC=C(c1cc2ccccc2o1)c1cc2ccccc2o1. The van der Waals surface area contributed by atoms with E-state index in [1.165, 1.54) is 11.1 Å². The molecule has 0 saturated carbocycles. The molecule has 0 N–H and O–H groups in total. The summed E-state index contributed by atoms with van der Waals surface area (Å²) in [5.41, 5.74) is 5.33. The first kappa shape index (κ1) is 16.6. The van der Waals surface area contributed by atoms with Crippen molar-refractivity contribution in [3.63, 3.8) is 0 Å². The highest BCUT2D eigenvalue weighted by Gasteiger charge is 2.15. The van der Waals surface area contributed by atoms with Gasteiger partial charge in [-0.05, 0) is 48.7 Å². The van der Waals surface area contributed by atoms with E-state index in [0.717, 1.165) is 45.5 Å². The molecule has 2 nitrogen and oxygen atoms in total. The van der Waals surface area contributed by atoms with Crippen molar-refractivity contribution in [2.45, 2.75) is 13.3 Å². The van der Waals surface area contributed by atoms with Gasteiger partial charge in [0.1, 0.15) is 22.7 Å². The van der Waals surface area contributed by atoms with E-state index < -0.39 is 0 Å². The Kier molecular flexibility index (Phi) is 4.10. The number of hydrogen-bond donors (Lipinski definition) is 0. The molecule has 0 amide bonds. The molecule has 5 aromatic rings. The van der Waals surface area contributed by atoms with E-state index in [1.54, 1.807) is 0 Å². The number of aryl methyl sites for hydroxylation is 1. The number of para-hydroxylation sites is 2. The van der Waals surface area contributed by atoms with Crippen molar-refractivity contribution < 1.29 is 8.83 Å². The Morgan fingerprint density at radius 3 is 1.82 bits per heavy atom. The van der Waals surface area contributed by atoms with Gasteiger partial charge in [0.15, 0.2) is 0 Å². The van der Waals surface area contributed by atoms with Crippen LogP contribution in [-0.4, -0.2) is 0 Å². The Morgan fingerprint density at radius 1 is 0.714 bits per heavy atom. The topological polar surface area (TPSA) is 26.3 Å². The number of furan rings is 2. The molecule has 3 aromatic carbocycles. The van der Waals surface area contributed by atoms with Crippen molar-refractivity contribution in [3.8, 4) is 0 Å². The van der Waals surface area contributed by atoms with Crippen molar-refractivity contribution in [2.75, 3.05) is 0 Å². The average Bonchev–Trinajstić information content (AvgIpc) is 3.33. The number of fused-ring (bicyclic) bond motifs is 2. The van der Waals surface area contributed by atoms with E-state index in [1.807, 2.05) is 36.4 Å². The lowest BCUT2D eigenvalue weighted by molar-refractivity contribution is 0.574. The second kappa shape index (κ2) is 6.90. The number of hydrogen-bond acceptors (Lipinski definition) is 2. The predicted octanol–water partition coefficient (Wildman–Crippen LogP) is 7.16. The maximum Gasteiger partial charge on any atom is 0.138 e. The fourth-order valence-corrected chi connectivity index (χ4v) is 3.60. The molecular formula is C26H20O2. The molecule has 0 fully saturated rings. The molecule has 0 atom stereocenters. The zero-order valence-corrected chi connectivity index (χ0v) is 15.7. The van der Waals surface area contributed by atoms with Crippen LogP contribution < -0.4 is 0 Å². The van der Waals surface area contributed by atoms with Gasteiger partial charge >= 0.3 is 0 Å². The Bertz CT molecular complexity index is 1160. The van der Waals surface area contributed by atoms with Crippen LogP contribution in [0, 0.1) is 6.92 Å². The third-order valence-corrected chi connectivity index (χ3v) is 5.17. The summed E-state index contributed by atoms with van der Waals surface area (Å²) in [7, 11) is 0. The second-order valence-electron chi connectivity index (χ2n) is 7.05. The minimum Gasteiger partial charge on any atom is -0.456 e. The summed E-state index contributed by atoms with van der Waals surface area (Å²) in [5.74, 6) is 1.66. The standard InChI is InChI=1S/C26H20O2/c1-18-8-2-3-9-19(18)14-15-22(25-16-20-10-4-6-12-23(20)27-25)26-17-21-11-5-7-13-24(21)28-26/h2-13,15-17H,14H2,1H3. The van der Waals surface area contributed by atoms with Gasteiger partial charge in [-0.2, -0.15) is 0 Å². The minimum atomic E-state index is 0.816. The van der Waals surface area contributed by atoms with Crippen LogP contribution in [0.4, 0.5) is 0 Å². The Hall–Kier alpha value is -3.52. The first-order valence-corrected chi connectivity index (χ1v) is 9.50. The van der Waals surface area contributed by atoms with Crippen LogP contribution in [0.15, 0.2) is 99.8 Å². The minimum absolute atomic E-state index is 0.816. The van der Waals surface area contributed by atoms with Crippen LogP contribution in [0.2, 0.25) is 0 Å². The van der Waals surface area contributed by atoms with Crippen LogP contribution in [0.5, 0.6) is 0 Å². The van der Waals surface area contributed by atoms with E-state index in [9.17, 15) is 0 Å². The van der Waals surface area contributed by atoms with Gasteiger partial charge in [-0.15, -0.1) is 0 Å². The van der Waals surface area contributed by atoms with Gasteiger partial charge in [-0.25, -0.2) is 0 Å². The van der Waals surface area contributed by atoms with Crippen LogP contribution in [0.1, 0.15) is 22.6 Å². The molecular weight excluding hydrogens is 344 g/mol. The molecule has 0 aliphatic carbocycles. The molecule has 2 heterocycles. The van der Waals surface area contributed by atoms with Gasteiger partial charge in [-0.3, -0.25) is 0 Å². The molecule has 2 aromatic heterocycles. The summed E-state index contributed by atoms with van der Waals surface area (Å²) in [6.07, 6.45) is 3.02. The van der Waals surface area contributed by atoms with E-state index in [2.05, 4.69) is 61.5 Å². The smallest absolute Gasteiger partial charge is 0.138 e. The molecule has 0 radical (unpaired) electrons. The lowest BCUT2D eigenvalue weighted by Gasteiger charge is -2.04. The lowest BCUT2D eigenvalue weighted by atomic mass is 10.0. The van der Waals surface area contributed by atoms with E-state index >= 15 is 0 Å². The quantitative estimate of drug-likeness (QED) is 0.338. The van der Waals surface area contributed by atoms with E-state index in [-0.39, 0.29) is 0 Å². The predicted molar refractivity (Wildman–Crippen MR) is 114 cm³/mol. The monoisotopic (exact) mass is 364 g/mol. The first-order chi connectivity index (χ1) is 13.8. The molecule has 0 unspecified atom stereocenters. The summed E-state index contributed by atoms with van der Waals surface area (Å²) in [6, 6.07) is 28.8. The van der Waals surface area contributed by atoms with Gasteiger partial charge < -0.3 is 8.83 Å². The largest absolute Gasteiger partial charge is 0.456 e. The number of allylic oxidation sites excluding steroid dienone is 1. The lowest BCUT2D eigenvalue weighted by Crippen LogP contribution is -1.89. The van der Waals surface area contributed by atoms with Crippen LogP contribution >= 0.6 is 0 Å². The van der Waals surface area contributed by atoms with Crippen molar-refractivity contribution in [3.05, 3.63) is 114 Å². The fraction of sp³-hybridized carbons (Fsp3) is 0.0769. The molecule has 0 bridgehead atoms. The van der Waals surface area contributed by atoms with Gasteiger partial charge in [0.2, 0.25) is 0 Å². The first-order valence-electron chi connectivity index (χ1n) is 9.50. The molecule has 0 aliphatic rings. The molecule has 28 heavy (non-hydrogen) atoms. The normalized spacial score (nSPS) is 11.2. The molecule has 0 spiro atoms. The average molecular weight is 364 g/mol. The van der Waals surface area contributed by atoms with Crippen molar-refractivity contribution in [1.82, 2.24) is 0 Å². The Balaban J connectivity index is 1.64. The van der Waals surface area contributed by atoms with E-state index in [0.29, 0.717) is 0 Å². The summed E-state index contributed by atoms with van der Waals surface area (Å²) in [4.78, 5) is 0. The van der Waals surface area contributed by atoms with Crippen LogP contribution in [-0.2, 0) is 6.42 Å². The summed E-state index contributed by atoms with van der Waals surface area (Å²) >= 11 is 0. The maximum absolute atomic E-state index is 6.17. The van der Waals surface area contributed by atoms with Crippen molar-refractivity contribution >= 4 is 27.5 Å². The third kappa shape index (κ3) is 3.03. The fourth-order valence-electron chi connectivity index (χ4n) is 3.60. The van der Waals surface area contributed by atoms with Gasteiger partial charge in [0.05, 0.1) is 5.57 Å². The molecule has 0 saturated heterocycles. The summed E-state index contributed by atoms with van der Waals surface area (Å²) in [5, 5.41) is 2.19. The number of rotatable bonds is 4. The third-order valence-electron chi connectivity index (χ3n) is 5.17. The zero-order chi connectivity index (χ0) is 18.9. The maximum atomic E-state index is 6.17. The van der Waals surface area contributed by atoms with Crippen molar-refractivity contribution in [2.24, 2.45) is 0 Å². The second-order valence-corrected chi connectivity index (χ2v) is 7.05. The molecule has 136 valence electrons.